The number of aromatic nitrogens is 2. The lowest BCUT2D eigenvalue weighted by Gasteiger charge is -2.11. The lowest BCUT2D eigenvalue weighted by Crippen LogP contribution is -2.38. The highest BCUT2D eigenvalue weighted by atomic mass is 16.5. The zero-order chi connectivity index (χ0) is 17.1. The minimum absolute atomic E-state index is 0.630. The Morgan fingerprint density at radius 3 is 2.61 bits per heavy atom. The Hall–Kier alpha value is -1.60. The molecule has 0 aliphatic heterocycles. The zero-order valence-corrected chi connectivity index (χ0v) is 15.1. The first-order chi connectivity index (χ1) is 11.1. The number of hydrogen-bond acceptors (Lipinski definition) is 4. The second-order valence-corrected chi connectivity index (χ2v) is 5.35. The molecule has 7 heteroatoms. The zero-order valence-electron chi connectivity index (χ0n) is 15.1. The summed E-state index contributed by atoms with van der Waals surface area (Å²) in [5, 5.41) is 11.0. The minimum atomic E-state index is 0.630. The standard InChI is InChI=1S/C16H31N5O2/c1-6-17-16(18-8-7-9-23-11-10-22-5)19-12-15-13(2)20-21(4)14(15)3/h6-12H2,1-5H3,(H2,17,18,19). The summed E-state index contributed by atoms with van der Waals surface area (Å²) < 4.78 is 12.3. The second-order valence-electron chi connectivity index (χ2n) is 5.35. The Balaban J connectivity index is 2.41. The van der Waals surface area contributed by atoms with Crippen molar-refractivity contribution in [3.8, 4) is 0 Å². The summed E-state index contributed by atoms with van der Waals surface area (Å²) in [7, 11) is 3.64. The highest BCUT2D eigenvalue weighted by Gasteiger charge is 2.08. The first-order valence-corrected chi connectivity index (χ1v) is 8.18. The molecule has 0 aliphatic carbocycles. The molecule has 0 aromatic carbocycles. The van der Waals surface area contributed by atoms with E-state index in [1.54, 1.807) is 7.11 Å². The van der Waals surface area contributed by atoms with Crippen molar-refractivity contribution in [1.29, 1.82) is 0 Å². The number of nitrogens with one attached hydrogen (secondary N) is 2. The number of rotatable bonds is 10. The number of aryl methyl sites for hydroxylation is 2. The van der Waals surface area contributed by atoms with Gasteiger partial charge in [0.15, 0.2) is 5.96 Å². The molecule has 0 saturated carbocycles. The summed E-state index contributed by atoms with van der Waals surface area (Å²) in [4.78, 5) is 4.65. The van der Waals surface area contributed by atoms with Gasteiger partial charge in [-0.25, -0.2) is 4.99 Å². The van der Waals surface area contributed by atoms with Gasteiger partial charge in [0.05, 0.1) is 25.5 Å². The summed E-state index contributed by atoms with van der Waals surface area (Å²) in [6.45, 7) is 10.4. The van der Waals surface area contributed by atoms with Crippen LogP contribution in [0, 0.1) is 13.8 Å². The number of nitrogens with zero attached hydrogens (tertiary/aromatic N) is 3. The molecule has 0 fully saturated rings. The molecule has 132 valence electrons. The molecular weight excluding hydrogens is 294 g/mol. The molecule has 0 aliphatic rings. The van der Waals surface area contributed by atoms with E-state index < -0.39 is 0 Å². The van der Waals surface area contributed by atoms with E-state index in [9.17, 15) is 0 Å². The third kappa shape index (κ3) is 7.00. The molecule has 0 saturated heterocycles. The summed E-state index contributed by atoms with van der Waals surface area (Å²) in [6, 6.07) is 0. The molecule has 23 heavy (non-hydrogen) atoms. The maximum Gasteiger partial charge on any atom is 0.191 e. The van der Waals surface area contributed by atoms with E-state index in [1.165, 1.54) is 5.56 Å². The molecule has 0 radical (unpaired) electrons. The molecule has 1 heterocycles. The number of ether oxygens (including phenoxy) is 2. The molecule has 1 aromatic heterocycles. The quantitative estimate of drug-likeness (QED) is 0.383. The van der Waals surface area contributed by atoms with Crippen LogP contribution < -0.4 is 10.6 Å². The Morgan fingerprint density at radius 1 is 1.22 bits per heavy atom. The van der Waals surface area contributed by atoms with Crippen molar-refractivity contribution in [1.82, 2.24) is 20.4 Å². The maximum atomic E-state index is 5.44. The van der Waals surface area contributed by atoms with Gasteiger partial charge in [0.25, 0.3) is 0 Å². The van der Waals surface area contributed by atoms with Gasteiger partial charge in [-0.05, 0) is 27.2 Å². The monoisotopic (exact) mass is 325 g/mol. The average Bonchev–Trinajstić information content (AvgIpc) is 2.77. The molecule has 2 N–H and O–H groups in total. The largest absolute Gasteiger partial charge is 0.382 e. The van der Waals surface area contributed by atoms with Crippen LogP contribution in [-0.4, -0.2) is 55.8 Å². The minimum Gasteiger partial charge on any atom is -0.382 e. The van der Waals surface area contributed by atoms with Crippen LogP contribution in [-0.2, 0) is 23.1 Å². The smallest absolute Gasteiger partial charge is 0.191 e. The first kappa shape index (κ1) is 19.4. The summed E-state index contributed by atoms with van der Waals surface area (Å²) in [5.74, 6) is 0.826. The van der Waals surface area contributed by atoms with Gasteiger partial charge >= 0.3 is 0 Å². The van der Waals surface area contributed by atoms with Crippen LogP contribution in [0.2, 0.25) is 0 Å². The van der Waals surface area contributed by atoms with Crippen molar-refractivity contribution in [2.24, 2.45) is 12.0 Å². The summed E-state index contributed by atoms with van der Waals surface area (Å²) in [5.41, 5.74) is 3.39. The molecule has 7 nitrogen and oxygen atoms in total. The Morgan fingerprint density at radius 2 is 2.00 bits per heavy atom. The van der Waals surface area contributed by atoms with E-state index in [-0.39, 0.29) is 0 Å². The van der Waals surface area contributed by atoms with E-state index in [2.05, 4.69) is 34.6 Å². The maximum absolute atomic E-state index is 5.44. The number of guanidine groups is 1. The summed E-state index contributed by atoms with van der Waals surface area (Å²) >= 11 is 0. The van der Waals surface area contributed by atoms with Crippen LogP contribution in [0.15, 0.2) is 4.99 Å². The topological polar surface area (TPSA) is 72.7 Å². The van der Waals surface area contributed by atoms with Gasteiger partial charge in [-0.3, -0.25) is 4.68 Å². The number of aliphatic imine (C=N–C) groups is 1. The van der Waals surface area contributed by atoms with E-state index in [0.29, 0.717) is 19.8 Å². The first-order valence-electron chi connectivity index (χ1n) is 8.18. The van der Waals surface area contributed by atoms with Crippen molar-refractivity contribution < 1.29 is 9.47 Å². The van der Waals surface area contributed by atoms with Crippen molar-refractivity contribution >= 4 is 5.96 Å². The fourth-order valence-corrected chi connectivity index (χ4v) is 2.17. The fourth-order valence-electron chi connectivity index (χ4n) is 2.17. The SMILES string of the molecule is CCNC(=NCc1c(C)nn(C)c1C)NCCCOCCOC. The summed E-state index contributed by atoms with van der Waals surface area (Å²) in [6.07, 6.45) is 0.930. The van der Waals surface area contributed by atoms with Gasteiger partial charge in [0, 0.05) is 45.1 Å². The lowest BCUT2D eigenvalue weighted by molar-refractivity contribution is 0.0698. The van der Waals surface area contributed by atoms with Crippen LogP contribution in [0.5, 0.6) is 0 Å². The lowest BCUT2D eigenvalue weighted by atomic mass is 10.2. The molecule has 1 aromatic rings. The third-order valence-corrected chi connectivity index (χ3v) is 3.59. The fraction of sp³-hybridized carbons (Fsp3) is 0.750. The van der Waals surface area contributed by atoms with Crippen molar-refractivity contribution in [2.45, 2.75) is 33.7 Å². The Labute approximate surface area is 139 Å². The molecule has 1 rings (SSSR count). The number of hydrogen-bond donors (Lipinski definition) is 2. The molecule has 0 spiro atoms. The number of methoxy groups -OCH3 is 1. The van der Waals surface area contributed by atoms with Gasteiger partial charge in [0.2, 0.25) is 0 Å². The van der Waals surface area contributed by atoms with Gasteiger partial charge < -0.3 is 20.1 Å². The highest BCUT2D eigenvalue weighted by molar-refractivity contribution is 5.79. The Bertz CT molecular complexity index is 485. The molecule has 0 amide bonds. The predicted octanol–water partition coefficient (Wildman–Crippen LogP) is 1.15. The van der Waals surface area contributed by atoms with Crippen LogP contribution in [0.3, 0.4) is 0 Å². The van der Waals surface area contributed by atoms with E-state index >= 15 is 0 Å². The van der Waals surface area contributed by atoms with Crippen molar-refractivity contribution in [3.63, 3.8) is 0 Å². The van der Waals surface area contributed by atoms with Crippen LogP contribution in [0.4, 0.5) is 0 Å². The van der Waals surface area contributed by atoms with E-state index in [1.807, 2.05) is 18.7 Å². The molecular formula is C16H31N5O2. The van der Waals surface area contributed by atoms with E-state index in [0.717, 1.165) is 43.5 Å². The highest BCUT2D eigenvalue weighted by Crippen LogP contribution is 2.12. The van der Waals surface area contributed by atoms with E-state index in [4.69, 9.17) is 9.47 Å². The van der Waals surface area contributed by atoms with Crippen molar-refractivity contribution in [2.75, 3.05) is 40.0 Å². The van der Waals surface area contributed by atoms with Crippen LogP contribution >= 0.6 is 0 Å². The van der Waals surface area contributed by atoms with Gasteiger partial charge in [-0.2, -0.15) is 5.10 Å². The molecule has 0 unspecified atom stereocenters. The van der Waals surface area contributed by atoms with Crippen molar-refractivity contribution in [3.05, 3.63) is 17.0 Å². The molecule has 0 bridgehead atoms. The third-order valence-electron chi connectivity index (χ3n) is 3.59. The van der Waals surface area contributed by atoms with Gasteiger partial charge in [-0.15, -0.1) is 0 Å². The predicted molar refractivity (Wildman–Crippen MR) is 92.8 cm³/mol. The normalized spacial score (nSPS) is 11.8. The van der Waals surface area contributed by atoms with Gasteiger partial charge in [-0.1, -0.05) is 0 Å². The molecule has 0 atom stereocenters. The van der Waals surface area contributed by atoms with Gasteiger partial charge in [0.1, 0.15) is 0 Å². The second kappa shape index (κ2) is 11.0. The Kier molecular flexibility index (Phi) is 9.31. The van der Waals surface area contributed by atoms with Crippen LogP contribution in [0.1, 0.15) is 30.3 Å². The van der Waals surface area contributed by atoms with Crippen LogP contribution in [0.25, 0.3) is 0 Å². The average molecular weight is 325 g/mol.